The number of carboxylic acids is 1. The highest BCUT2D eigenvalue weighted by Gasteiger charge is 2.36. The topological polar surface area (TPSA) is 117 Å². The average molecular weight is 466 g/mol. The van der Waals surface area contributed by atoms with Gasteiger partial charge in [-0.25, -0.2) is 9.18 Å². The van der Waals surface area contributed by atoms with Crippen molar-refractivity contribution in [3.8, 4) is 11.3 Å². The molecule has 1 saturated heterocycles. The van der Waals surface area contributed by atoms with E-state index in [2.05, 4.69) is 5.32 Å². The third-order valence-corrected chi connectivity index (χ3v) is 5.53. The third-order valence-electron chi connectivity index (χ3n) is 4.62. The van der Waals surface area contributed by atoms with Gasteiger partial charge in [0.15, 0.2) is 0 Å². The lowest BCUT2D eigenvalue weighted by Gasteiger charge is -2.12. The number of carbonyl (C=O) groups excluding carboxylic acids is 3. The van der Waals surface area contributed by atoms with Gasteiger partial charge in [-0.15, -0.1) is 0 Å². The van der Waals surface area contributed by atoms with Gasteiger partial charge in [-0.2, -0.15) is 0 Å². The molecule has 166 valence electrons. The minimum absolute atomic E-state index is 0.0942. The number of imide groups is 1. The minimum atomic E-state index is -1.04. The first kappa shape index (κ1) is 22.0. The van der Waals surface area contributed by atoms with Crippen LogP contribution < -0.4 is 5.32 Å². The van der Waals surface area contributed by atoms with Crippen molar-refractivity contribution in [2.75, 3.05) is 11.9 Å². The maximum Gasteiger partial charge on any atom is 0.335 e. The van der Waals surface area contributed by atoms with Crippen molar-refractivity contribution in [2.45, 2.75) is 0 Å². The Balaban J connectivity index is 1.43. The molecule has 1 aromatic heterocycles. The number of furan rings is 1. The van der Waals surface area contributed by atoms with Crippen molar-refractivity contribution in [2.24, 2.45) is 0 Å². The van der Waals surface area contributed by atoms with E-state index in [1.807, 2.05) is 0 Å². The quantitative estimate of drug-likeness (QED) is 0.515. The van der Waals surface area contributed by atoms with Crippen LogP contribution in [0.1, 0.15) is 16.1 Å². The molecule has 10 heteroatoms. The smallest absolute Gasteiger partial charge is 0.335 e. The number of benzene rings is 2. The molecule has 3 aromatic rings. The molecular weight excluding hydrogens is 451 g/mol. The summed E-state index contributed by atoms with van der Waals surface area (Å²) in [5, 5.41) is 10.9. The monoisotopic (exact) mass is 466 g/mol. The number of hydrogen-bond donors (Lipinski definition) is 2. The maximum atomic E-state index is 13.0. The highest BCUT2D eigenvalue weighted by Crippen LogP contribution is 2.33. The van der Waals surface area contributed by atoms with Crippen molar-refractivity contribution in [1.29, 1.82) is 0 Å². The normalized spacial score (nSPS) is 14.7. The Bertz CT molecular complexity index is 1280. The fourth-order valence-corrected chi connectivity index (χ4v) is 3.82. The summed E-state index contributed by atoms with van der Waals surface area (Å²) in [7, 11) is 0. The van der Waals surface area contributed by atoms with E-state index in [9.17, 15) is 23.6 Å². The van der Waals surface area contributed by atoms with Crippen LogP contribution in [0.25, 0.3) is 17.4 Å². The fourth-order valence-electron chi connectivity index (χ4n) is 3.01. The Labute approximate surface area is 190 Å². The highest BCUT2D eigenvalue weighted by atomic mass is 32.2. The van der Waals surface area contributed by atoms with E-state index in [0.717, 1.165) is 4.90 Å². The van der Waals surface area contributed by atoms with Crippen LogP contribution in [0, 0.1) is 5.82 Å². The number of hydrogen-bond acceptors (Lipinski definition) is 6. The van der Waals surface area contributed by atoms with E-state index in [1.165, 1.54) is 42.5 Å². The summed E-state index contributed by atoms with van der Waals surface area (Å²) in [6.07, 6.45) is 1.40. The first-order chi connectivity index (χ1) is 15.8. The second-order valence-electron chi connectivity index (χ2n) is 6.91. The van der Waals surface area contributed by atoms with Crippen molar-refractivity contribution in [1.82, 2.24) is 4.90 Å². The predicted molar refractivity (Wildman–Crippen MR) is 119 cm³/mol. The third kappa shape index (κ3) is 5.01. The molecule has 4 rings (SSSR count). The van der Waals surface area contributed by atoms with E-state index in [1.54, 1.807) is 24.3 Å². The number of amides is 3. The van der Waals surface area contributed by atoms with Crippen LogP contribution in [0.5, 0.6) is 0 Å². The number of nitrogens with zero attached hydrogens (tertiary/aromatic N) is 1. The second kappa shape index (κ2) is 9.13. The van der Waals surface area contributed by atoms with Crippen LogP contribution in [-0.4, -0.2) is 39.6 Å². The minimum Gasteiger partial charge on any atom is -0.478 e. The van der Waals surface area contributed by atoms with Crippen LogP contribution in [0.3, 0.4) is 0 Å². The van der Waals surface area contributed by atoms with Crippen molar-refractivity contribution in [3.05, 3.63) is 82.7 Å². The molecule has 1 fully saturated rings. The summed E-state index contributed by atoms with van der Waals surface area (Å²) in [6.45, 7) is -0.487. The van der Waals surface area contributed by atoms with Crippen molar-refractivity contribution in [3.63, 3.8) is 0 Å². The van der Waals surface area contributed by atoms with E-state index in [-0.39, 0.29) is 10.5 Å². The largest absolute Gasteiger partial charge is 0.478 e. The van der Waals surface area contributed by atoms with Gasteiger partial charge >= 0.3 is 5.97 Å². The van der Waals surface area contributed by atoms with Crippen LogP contribution >= 0.6 is 11.8 Å². The Morgan fingerprint density at radius 3 is 2.39 bits per heavy atom. The molecule has 1 aliphatic heterocycles. The molecule has 2 N–H and O–H groups in total. The van der Waals surface area contributed by atoms with Gasteiger partial charge in [0.25, 0.3) is 11.1 Å². The van der Waals surface area contributed by atoms with E-state index in [4.69, 9.17) is 9.52 Å². The zero-order valence-corrected chi connectivity index (χ0v) is 17.6. The van der Waals surface area contributed by atoms with Crippen LogP contribution in [-0.2, 0) is 9.59 Å². The molecule has 0 spiro atoms. The Kier molecular flexibility index (Phi) is 6.09. The van der Waals surface area contributed by atoms with Gasteiger partial charge in [-0.1, -0.05) is 12.1 Å². The molecular formula is C23H15FN2O6S. The standard InChI is InChI=1S/C23H15FN2O6S/c24-15-5-7-16(8-6-15)25-20(27)12-26-21(28)19(33-23(26)31)11-17-9-10-18(32-17)13-1-3-14(4-2-13)22(29)30/h1-11H,12H2,(H,25,27)(H,29,30)/b19-11-. The fraction of sp³-hybridized carbons (Fsp3) is 0.0435. The zero-order chi connectivity index (χ0) is 23.5. The summed E-state index contributed by atoms with van der Waals surface area (Å²) >= 11 is 0.681. The first-order valence-corrected chi connectivity index (χ1v) is 10.4. The number of aromatic carboxylic acids is 1. The number of carboxylic acid groups (broad SMARTS) is 1. The summed E-state index contributed by atoms with van der Waals surface area (Å²) in [5.74, 6) is -1.96. The molecule has 0 unspecified atom stereocenters. The average Bonchev–Trinajstić information content (AvgIpc) is 3.36. The lowest BCUT2D eigenvalue weighted by Crippen LogP contribution is -2.36. The molecule has 0 bridgehead atoms. The molecule has 0 aliphatic carbocycles. The van der Waals surface area contributed by atoms with Crippen molar-refractivity contribution >= 4 is 46.5 Å². The van der Waals surface area contributed by atoms with Gasteiger partial charge in [0, 0.05) is 17.3 Å². The highest BCUT2D eigenvalue weighted by molar-refractivity contribution is 8.18. The molecule has 0 saturated carbocycles. The van der Waals surface area contributed by atoms with Gasteiger partial charge < -0.3 is 14.8 Å². The number of anilines is 1. The predicted octanol–water partition coefficient (Wildman–Crippen LogP) is 4.46. The number of carbonyl (C=O) groups is 4. The number of halogens is 1. The lowest BCUT2D eigenvalue weighted by molar-refractivity contribution is -0.127. The van der Waals surface area contributed by atoms with Crippen molar-refractivity contribution < 1.29 is 33.1 Å². The van der Waals surface area contributed by atoms with Gasteiger partial charge in [0.1, 0.15) is 23.9 Å². The van der Waals surface area contributed by atoms with Crippen LogP contribution in [0.4, 0.5) is 14.9 Å². The zero-order valence-electron chi connectivity index (χ0n) is 16.8. The maximum absolute atomic E-state index is 13.0. The van der Waals surface area contributed by atoms with Gasteiger partial charge in [0.05, 0.1) is 10.5 Å². The van der Waals surface area contributed by atoms with E-state index in [0.29, 0.717) is 34.5 Å². The molecule has 33 heavy (non-hydrogen) atoms. The molecule has 1 aliphatic rings. The molecule has 2 aromatic carbocycles. The summed E-state index contributed by atoms with van der Waals surface area (Å²) in [6, 6.07) is 14.4. The molecule has 3 amide bonds. The van der Waals surface area contributed by atoms with Gasteiger partial charge in [-0.3, -0.25) is 19.3 Å². The van der Waals surface area contributed by atoms with Gasteiger partial charge in [0.2, 0.25) is 5.91 Å². The van der Waals surface area contributed by atoms with E-state index >= 15 is 0 Å². The first-order valence-electron chi connectivity index (χ1n) is 9.54. The summed E-state index contributed by atoms with van der Waals surface area (Å²) in [5.41, 5.74) is 1.12. The van der Waals surface area contributed by atoms with Crippen LogP contribution in [0.2, 0.25) is 0 Å². The van der Waals surface area contributed by atoms with E-state index < -0.39 is 35.4 Å². The Hall–Kier alpha value is -4.18. The van der Waals surface area contributed by atoms with Crippen LogP contribution in [0.15, 0.2) is 70.0 Å². The molecule has 8 nitrogen and oxygen atoms in total. The Morgan fingerprint density at radius 1 is 1.03 bits per heavy atom. The molecule has 0 atom stereocenters. The number of rotatable bonds is 6. The number of nitrogens with one attached hydrogen (secondary N) is 1. The SMILES string of the molecule is O=C(CN1C(=O)S/C(=C\c2ccc(-c3ccc(C(=O)O)cc3)o2)C1=O)Nc1ccc(F)cc1. The van der Waals surface area contributed by atoms with Gasteiger partial charge in [-0.05, 0) is 60.3 Å². The lowest BCUT2D eigenvalue weighted by atomic mass is 10.1. The molecule has 0 radical (unpaired) electrons. The number of thioether (sulfide) groups is 1. The summed E-state index contributed by atoms with van der Waals surface area (Å²) in [4.78, 5) is 48.9. The summed E-state index contributed by atoms with van der Waals surface area (Å²) < 4.78 is 18.7. The Morgan fingerprint density at radius 2 is 1.73 bits per heavy atom. The second-order valence-corrected chi connectivity index (χ2v) is 7.90. The molecule has 2 heterocycles.